The predicted molar refractivity (Wildman–Crippen MR) is 76.6 cm³/mol. The highest BCUT2D eigenvalue weighted by Gasteiger charge is 2.34. The number of carboxylic acid groups (broad SMARTS) is 1. The van der Waals surface area contributed by atoms with E-state index < -0.39 is 5.97 Å². The van der Waals surface area contributed by atoms with Crippen molar-refractivity contribution in [2.24, 2.45) is 5.92 Å². The molecule has 0 aromatic carbocycles. The molecule has 0 aromatic rings. The van der Waals surface area contributed by atoms with Gasteiger partial charge in [-0.3, -0.25) is 4.79 Å². The Morgan fingerprint density at radius 2 is 1.95 bits per heavy atom. The summed E-state index contributed by atoms with van der Waals surface area (Å²) in [5, 5.41) is 9.02. The number of piperidine rings is 1. The third kappa shape index (κ3) is 3.87. The standard InChI is InChI=1S/C15H26N2O3/c1-11(2)17(10-12-6-7-12)15(20)16-8-4-3-5-13(16)9-14(18)19/h11-13H,3-10H2,1-2H3,(H,18,19). The van der Waals surface area contributed by atoms with E-state index in [-0.39, 0.29) is 24.5 Å². The molecule has 5 heteroatoms. The molecule has 1 saturated carbocycles. The highest BCUT2D eigenvalue weighted by atomic mass is 16.4. The first-order valence-corrected chi connectivity index (χ1v) is 7.78. The quantitative estimate of drug-likeness (QED) is 0.843. The molecule has 0 spiro atoms. The van der Waals surface area contributed by atoms with Crippen LogP contribution in [0.1, 0.15) is 52.4 Å². The first-order valence-electron chi connectivity index (χ1n) is 7.78. The average Bonchev–Trinajstić information content (AvgIpc) is 3.18. The topological polar surface area (TPSA) is 60.9 Å². The van der Waals surface area contributed by atoms with Gasteiger partial charge in [-0.15, -0.1) is 0 Å². The zero-order chi connectivity index (χ0) is 14.7. The lowest BCUT2D eigenvalue weighted by molar-refractivity contribution is -0.138. The third-order valence-electron chi connectivity index (χ3n) is 4.30. The number of likely N-dealkylation sites (tertiary alicyclic amines) is 1. The van der Waals surface area contributed by atoms with Crippen LogP contribution in [-0.2, 0) is 4.79 Å². The number of hydrogen-bond acceptors (Lipinski definition) is 2. The number of aliphatic carboxylic acids is 1. The Morgan fingerprint density at radius 3 is 2.50 bits per heavy atom. The lowest BCUT2D eigenvalue weighted by Gasteiger charge is -2.40. The van der Waals surface area contributed by atoms with Gasteiger partial charge >= 0.3 is 12.0 Å². The van der Waals surface area contributed by atoms with Gasteiger partial charge in [0.25, 0.3) is 0 Å². The van der Waals surface area contributed by atoms with Gasteiger partial charge in [-0.25, -0.2) is 4.79 Å². The van der Waals surface area contributed by atoms with Gasteiger partial charge in [0.2, 0.25) is 0 Å². The molecule has 0 bridgehead atoms. The highest BCUT2D eigenvalue weighted by molar-refractivity contribution is 5.76. The second kappa shape index (κ2) is 6.46. The Kier molecular flexibility index (Phi) is 4.89. The molecule has 1 N–H and O–H groups in total. The summed E-state index contributed by atoms with van der Waals surface area (Å²) in [5.74, 6) is -0.156. The van der Waals surface area contributed by atoms with E-state index in [9.17, 15) is 9.59 Å². The van der Waals surface area contributed by atoms with Gasteiger partial charge in [0.05, 0.1) is 6.42 Å². The minimum Gasteiger partial charge on any atom is -0.481 e. The highest BCUT2D eigenvalue weighted by Crippen LogP contribution is 2.31. The average molecular weight is 282 g/mol. The van der Waals surface area contributed by atoms with Crippen LogP contribution in [0.25, 0.3) is 0 Å². The minimum absolute atomic E-state index is 0.0397. The zero-order valence-electron chi connectivity index (χ0n) is 12.5. The molecular formula is C15H26N2O3. The van der Waals surface area contributed by atoms with Crippen molar-refractivity contribution >= 4 is 12.0 Å². The van der Waals surface area contributed by atoms with E-state index >= 15 is 0 Å². The lowest BCUT2D eigenvalue weighted by Crippen LogP contribution is -2.53. The van der Waals surface area contributed by atoms with Crippen molar-refractivity contribution in [1.29, 1.82) is 0 Å². The van der Waals surface area contributed by atoms with Gasteiger partial charge in [0, 0.05) is 25.2 Å². The Morgan fingerprint density at radius 1 is 1.25 bits per heavy atom. The van der Waals surface area contributed by atoms with Crippen LogP contribution < -0.4 is 0 Å². The molecule has 2 aliphatic rings. The summed E-state index contributed by atoms with van der Waals surface area (Å²) in [7, 11) is 0. The van der Waals surface area contributed by atoms with Gasteiger partial charge in [-0.05, 0) is 51.9 Å². The Bertz CT molecular complexity index is 366. The van der Waals surface area contributed by atoms with Crippen LogP contribution >= 0.6 is 0 Å². The van der Waals surface area contributed by atoms with Crippen molar-refractivity contribution in [2.45, 2.75) is 64.5 Å². The number of nitrogens with zero attached hydrogens (tertiary/aromatic N) is 2. The van der Waals surface area contributed by atoms with Gasteiger partial charge in [0.15, 0.2) is 0 Å². The molecule has 1 aliphatic heterocycles. The van der Waals surface area contributed by atoms with Crippen LogP contribution in [0.2, 0.25) is 0 Å². The van der Waals surface area contributed by atoms with E-state index in [1.165, 1.54) is 12.8 Å². The summed E-state index contributed by atoms with van der Waals surface area (Å²) in [6, 6.07) is 0.0857. The molecule has 114 valence electrons. The first-order chi connectivity index (χ1) is 9.49. The Hall–Kier alpha value is -1.26. The van der Waals surface area contributed by atoms with Crippen LogP contribution in [0.4, 0.5) is 4.79 Å². The van der Waals surface area contributed by atoms with Gasteiger partial charge in [-0.2, -0.15) is 0 Å². The van der Waals surface area contributed by atoms with Crippen molar-refractivity contribution in [2.75, 3.05) is 13.1 Å². The molecule has 5 nitrogen and oxygen atoms in total. The fraction of sp³-hybridized carbons (Fsp3) is 0.867. The second-order valence-corrected chi connectivity index (χ2v) is 6.41. The molecule has 1 atom stereocenters. The van der Waals surface area contributed by atoms with E-state index in [1.54, 1.807) is 4.90 Å². The first kappa shape index (κ1) is 15.1. The number of rotatable bonds is 5. The van der Waals surface area contributed by atoms with Gasteiger partial charge < -0.3 is 14.9 Å². The van der Waals surface area contributed by atoms with Crippen LogP contribution in [0.15, 0.2) is 0 Å². The summed E-state index contributed by atoms with van der Waals surface area (Å²) in [5.41, 5.74) is 0. The smallest absolute Gasteiger partial charge is 0.320 e. The minimum atomic E-state index is -0.812. The van der Waals surface area contributed by atoms with Gasteiger partial charge in [-0.1, -0.05) is 0 Å². The molecule has 2 rings (SSSR count). The maximum absolute atomic E-state index is 12.8. The largest absolute Gasteiger partial charge is 0.481 e. The molecule has 1 unspecified atom stereocenters. The molecule has 2 fully saturated rings. The molecule has 1 heterocycles. The van der Waals surface area contributed by atoms with Crippen LogP contribution in [0.3, 0.4) is 0 Å². The number of urea groups is 1. The normalized spacial score (nSPS) is 22.9. The maximum Gasteiger partial charge on any atom is 0.320 e. The predicted octanol–water partition coefficient (Wildman–Crippen LogP) is 2.56. The van der Waals surface area contributed by atoms with Gasteiger partial charge in [0.1, 0.15) is 0 Å². The number of carbonyl (C=O) groups excluding carboxylic acids is 1. The van der Waals surface area contributed by atoms with Crippen molar-refractivity contribution < 1.29 is 14.7 Å². The fourth-order valence-electron chi connectivity index (χ4n) is 2.92. The zero-order valence-corrected chi connectivity index (χ0v) is 12.5. The summed E-state index contributed by atoms with van der Waals surface area (Å²) >= 11 is 0. The number of amides is 2. The fourth-order valence-corrected chi connectivity index (χ4v) is 2.92. The van der Waals surface area contributed by atoms with E-state index in [4.69, 9.17) is 5.11 Å². The molecule has 0 radical (unpaired) electrons. The number of carboxylic acids is 1. The summed E-state index contributed by atoms with van der Waals surface area (Å²) in [6.45, 7) is 5.60. The number of carbonyl (C=O) groups is 2. The van der Waals surface area contributed by atoms with Crippen LogP contribution in [-0.4, -0.2) is 52.1 Å². The van der Waals surface area contributed by atoms with E-state index in [2.05, 4.69) is 0 Å². The monoisotopic (exact) mass is 282 g/mol. The maximum atomic E-state index is 12.8. The molecule has 1 saturated heterocycles. The van der Waals surface area contributed by atoms with Crippen LogP contribution in [0, 0.1) is 5.92 Å². The summed E-state index contributed by atoms with van der Waals surface area (Å²) in [6.07, 6.45) is 5.32. The number of hydrogen-bond donors (Lipinski definition) is 1. The second-order valence-electron chi connectivity index (χ2n) is 6.41. The Balaban J connectivity index is 2.03. The molecule has 1 aliphatic carbocycles. The summed E-state index contributed by atoms with van der Waals surface area (Å²) < 4.78 is 0. The third-order valence-corrected chi connectivity index (χ3v) is 4.30. The van der Waals surface area contributed by atoms with E-state index in [1.807, 2.05) is 18.7 Å². The van der Waals surface area contributed by atoms with E-state index in [0.717, 1.165) is 25.8 Å². The lowest BCUT2D eigenvalue weighted by atomic mass is 9.99. The molecule has 2 amide bonds. The summed E-state index contributed by atoms with van der Waals surface area (Å²) in [4.78, 5) is 27.5. The molecular weight excluding hydrogens is 256 g/mol. The van der Waals surface area contributed by atoms with E-state index in [0.29, 0.717) is 12.5 Å². The SMILES string of the molecule is CC(C)N(CC1CC1)C(=O)N1CCCCC1CC(=O)O. The molecule has 0 aromatic heterocycles. The van der Waals surface area contributed by atoms with Crippen LogP contribution in [0.5, 0.6) is 0 Å². The van der Waals surface area contributed by atoms with Crippen molar-refractivity contribution in [3.8, 4) is 0 Å². The van der Waals surface area contributed by atoms with Crippen molar-refractivity contribution in [3.05, 3.63) is 0 Å². The van der Waals surface area contributed by atoms with Crippen molar-refractivity contribution in [1.82, 2.24) is 9.80 Å². The Labute approximate surface area is 120 Å². The molecule has 20 heavy (non-hydrogen) atoms. The van der Waals surface area contributed by atoms with Crippen molar-refractivity contribution in [3.63, 3.8) is 0 Å².